The van der Waals surface area contributed by atoms with Crippen LogP contribution in [0.5, 0.6) is 0 Å². The van der Waals surface area contributed by atoms with E-state index in [9.17, 15) is 0 Å². The van der Waals surface area contributed by atoms with Crippen molar-refractivity contribution in [3.63, 3.8) is 0 Å². The molecule has 0 bridgehead atoms. The van der Waals surface area contributed by atoms with E-state index in [0.717, 1.165) is 6.54 Å². The summed E-state index contributed by atoms with van der Waals surface area (Å²) in [5.41, 5.74) is 0.395. The third kappa shape index (κ3) is 0.958. The summed E-state index contributed by atoms with van der Waals surface area (Å²) >= 11 is 0. The van der Waals surface area contributed by atoms with Crippen molar-refractivity contribution >= 4 is 0 Å². The van der Waals surface area contributed by atoms with Gasteiger partial charge in [-0.2, -0.15) is 0 Å². The average molecular weight is 165 g/mol. The Hall–Kier alpha value is -0.860. The Morgan fingerprint density at radius 2 is 2.25 bits per heavy atom. The van der Waals surface area contributed by atoms with E-state index in [1.165, 1.54) is 25.1 Å². The molecule has 1 saturated carbocycles. The van der Waals surface area contributed by atoms with Gasteiger partial charge in [0, 0.05) is 12.0 Å². The number of hydrogen-bond acceptors (Lipinski definition) is 2. The van der Waals surface area contributed by atoms with Gasteiger partial charge in [0.05, 0.1) is 0 Å². The van der Waals surface area contributed by atoms with Crippen LogP contribution in [0.25, 0.3) is 0 Å². The molecule has 12 heavy (non-hydrogen) atoms. The third-order valence-electron chi connectivity index (χ3n) is 2.96. The molecular formula is C9H15N3. The largest absolute Gasteiger partial charge is 0.317 e. The first-order valence-corrected chi connectivity index (χ1v) is 4.70. The van der Waals surface area contributed by atoms with Crippen molar-refractivity contribution in [1.82, 2.24) is 14.8 Å². The number of nitrogens with zero attached hydrogens (tertiary/aromatic N) is 3. The van der Waals surface area contributed by atoms with Crippen LogP contribution in [-0.2, 0) is 12.0 Å². The molecule has 1 aliphatic rings. The van der Waals surface area contributed by atoms with Gasteiger partial charge in [0.15, 0.2) is 0 Å². The Bertz CT molecular complexity index is 273. The Kier molecular flexibility index (Phi) is 1.67. The maximum atomic E-state index is 4.20. The molecule has 0 N–H and O–H groups in total. The van der Waals surface area contributed by atoms with E-state index >= 15 is 0 Å². The SMILES string of the molecule is CCn1cnnc1C1(CC)CC1. The minimum atomic E-state index is 0.395. The molecule has 3 nitrogen and oxygen atoms in total. The van der Waals surface area contributed by atoms with Gasteiger partial charge in [0.1, 0.15) is 12.2 Å². The van der Waals surface area contributed by atoms with Crippen molar-refractivity contribution in [2.75, 3.05) is 0 Å². The van der Waals surface area contributed by atoms with Crippen LogP contribution in [0.3, 0.4) is 0 Å². The van der Waals surface area contributed by atoms with Crippen LogP contribution in [0.15, 0.2) is 6.33 Å². The quantitative estimate of drug-likeness (QED) is 0.683. The highest BCUT2D eigenvalue weighted by molar-refractivity contribution is 5.17. The summed E-state index contributed by atoms with van der Waals surface area (Å²) in [5.74, 6) is 1.20. The Labute approximate surface area is 72.8 Å². The molecule has 3 heteroatoms. The lowest BCUT2D eigenvalue weighted by Gasteiger charge is -2.11. The molecule has 1 aliphatic carbocycles. The van der Waals surface area contributed by atoms with Crippen molar-refractivity contribution in [3.05, 3.63) is 12.2 Å². The highest BCUT2D eigenvalue weighted by Crippen LogP contribution is 2.49. The van der Waals surface area contributed by atoms with Crippen LogP contribution >= 0.6 is 0 Å². The first-order valence-electron chi connectivity index (χ1n) is 4.70. The number of aromatic nitrogens is 3. The van der Waals surface area contributed by atoms with E-state index < -0.39 is 0 Å². The van der Waals surface area contributed by atoms with Crippen molar-refractivity contribution < 1.29 is 0 Å². The van der Waals surface area contributed by atoms with Crippen molar-refractivity contribution in [3.8, 4) is 0 Å². The average Bonchev–Trinajstić information content (AvgIpc) is 2.76. The third-order valence-corrected chi connectivity index (χ3v) is 2.96. The fourth-order valence-corrected chi connectivity index (χ4v) is 1.78. The maximum absolute atomic E-state index is 4.20. The van der Waals surface area contributed by atoms with Crippen LogP contribution in [0.2, 0.25) is 0 Å². The van der Waals surface area contributed by atoms with Gasteiger partial charge in [0.25, 0.3) is 0 Å². The van der Waals surface area contributed by atoms with Gasteiger partial charge in [0.2, 0.25) is 0 Å². The zero-order valence-electron chi connectivity index (χ0n) is 7.75. The molecule has 0 aliphatic heterocycles. The maximum Gasteiger partial charge on any atom is 0.139 e. The molecule has 1 fully saturated rings. The van der Waals surface area contributed by atoms with E-state index in [4.69, 9.17) is 0 Å². The molecule has 2 rings (SSSR count). The Balaban J connectivity index is 2.32. The zero-order chi connectivity index (χ0) is 8.60. The molecule has 0 amide bonds. The standard InChI is InChI=1S/C9H15N3/c1-3-9(5-6-9)8-11-10-7-12(8)4-2/h7H,3-6H2,1-2H3. The van der Waals surface area contributed by atoms with Gasteiger partial charge in [-0.3, -0.25) is 0 Å². The fraction of sp³-hybridized carbons (Fsp3) is 0.778. The normalized spacial score (nSPS) is 19.5. The summed E-state index contributed by atoms with van der Waals surface area (Å²) in [4.78, 5) is 0. The first-order chi connectivity index (χ1) is 5.82. The van der Waals surface area contributed by atoms with Crippen LogP contribution in [0.1, 0.15) is 38.9 Å². The smallest absolute Gasteiger partial charge is 0.139 e. The number of rotatable bonds is 3. The second-order valence-electron chi connectivity index (χ2n) is 3.57. The molecule has 0 aromatic carbocycles. The predicted octanol–water partition coefficient (Wildman–Crippen LogP) is 1.74. The van der Waals surface area contributed by atoms with Crippen molar-refractivity contribution in [1.29, 1.82) is 0 Å². The topological polar surface area (TPSA) is 30.7 Å². The summed E-state index contributed by atoms with van der Waals surface area (Å²) in [7, 11) is 0. The van der Waals surface area contributed by atoms with Gasteiger partial charge in [-0.1, -0.05) is 6.92 Å². The minimum Gasteiger partial charge on any atom is -0.317 e. The lowest BCUT2D eigenvalue weighted by Crippen LogP contribution is -2.13. The van der Waals surface area contributed by atoms with Gasteiger partial charge in [-0.25, -0.2) is 0 Å². The van der Waals surface area contributed by atoms with Crippen LogP contribution in [0.4, 0.5) is 0 Å². The summed E-state index contributed by atoms with van der Waals surface area (Å²) in [6.45, 7) is 5.37. The molecule has 0 radical (unpaired) electrons. The van der Waals surface area contributed by atoms with Crippen LogP contribution < -0.4 is 0 Å². The molecule has 0 spiro atoms. The molecule has 1 aromatic heterocycles. The fourth-order valence-electron chi connectivity index (χ4n) is 1.78. The molecule has 0 saturated heterocycles. The minimum absolute atomic E-state index is 0.395. The van der Waals surface area contributed by atoms with Gasteiger partial charge < -0.3 is 4.57 Å². The highest BCUT2D eigenvalue weighted by atomic mass is 15.3. The Morgan fingerprint density at radius 1 is 1.50 bits per heavy atom. The van der Waals surface area contributed by atoms with E-state index in [2.05, 4.69) is 28.6 Å². The monoisotopic (exact) mass is 165 g/mol. The van der Waals surface area contributed by atoms with Crippen LogP contribution in [0, 0.1) is 0 Å². The second kappa shape index (κ2) is 2.57. The van der Waals surface area contributed by atoms with Gasteiger partial charge >= 0.3 is 0 Å². The highest BCUT2D eigenvalue weighted by Gasteiger charge is 2.46. The number of aryl methyl sites for hydroxylation is 1. The second-order valence-corrected chi connectivity index (χ2v) is 3.57. The molecule has 0 atom stereocenters. The molecule has 1 heterocycles. The van der Waals surface area contributed by atoms with E-state index in [-0.39, 0.29) is 0 Å². The zero-order valence-corrected chi connectivity index (χ0v) is 7.75. The van der Waals surface area contributed by atoms with Gasteiger partial charge in [-0.05, 0) is 26.2 Å². The summed E-state index contributed by atoms with van der Waals surface area (Å²) in [5, 5.41) is 8.17. The van der Waals surface area contributed by atoms with Gasteiger partial charge in [-0.15, -0.1) is 10.2 Å². The van der Waals surface area contributed by atoms with Crippen molar-refractivity contribution in [2.45, 2.75) is 45.1 Å². The Morgan fingerprint density at radius 3 is 2.75 bits per heavy atom. The summed E-state index contributed by atoms with van der Waals surface area (Å²) in [6.07, 6.45) is 5.63. The van der Waals surface area contributed by atoms with E-state index in [1.54, 1.807) is 0 Å². The summed E-state index contributed by atoms with van der Waals surface area (Å²) in [6, 6.07) is 0. The first kappa shape index (κ1) is 7.77. The molecule has 0 unspecified atom stereocenters. The lowest BCUT2D eigenvalue weighted by atomic mass is 10.0. The van der Waals surface area contributed by atoms with Crippen molar-refractivity contribution in [2.24, 2.45) is 0 Å². The van der Waals surface area contributed by atoms with Crippen LogP contribution in [-0.4, -0.2) is 14.8 Å². The summed E-state index contributed by atoms with van der Waals surface area (Å²) < 4.78 is 2.16. The van der Waals surface area contributed by atoms with E-state index in [0.29, 0.717) is 5.41 Å². The molecular weight excluding hydrogens is 150 g/mol. The predicted molar refractivity (Wildman–Crippen MR) is 46.9 cm³/mol. The van der Waals surface area contributed by atoms with E-state index in [1.807, 2.05) is 6.33 Å². The molecule has 66 valence electrons. The molecule has 1 aromatic rings. The lowest BCUT2D eigenvalue weighted by molar-refractivity contribution is 0.561. The number of hydrogen-bond donors (Lipinski definition) is 0.